The highest BCUT2D eigenvalue weighted by molar-refractivity contribution is 7.10. The van der Waals surface area contributed by atoms with Crippen molar-refractivity contribution in [2.24, 2.45) is 23.5 Å². The molecule has 0 spiro atoms. The molecular weight excluding hydrogens is 256 g/mol. The van der Waals surface area contributed by atoms with Crippen LogP contribution in [0, 0.1) is 29.6 Å². The third-order valence-corrected chi connectivity index (χ3v) is 5.07. The molecule has 2 fully saturated rings. The molecule has 1 heterocycles. The Morgan fingerprint density at radius 3 is 3.00 bits per heavy atom. The molecule has 1 aromatic rings. The molecule has 3 N–H and O–H groups in total. The van der Waals surface area contributed by atoms with E-state index in [0.29, 0.717) is 30.8 Å². The van der Waals surface area contributed by atoms with Crippen molar-refractivity contribution < 1.29 is 4.79 Å². The standard InChI is InChI=1S/C15H18N2OS/c16-6-2-3-10-7-11(19-9-10)8-17-15(18)14-12-4-1-5-13(12)14/h7,9,12-14H,1,4-6,8,16H2,(H,17,18). The number of thiophene rings is 1. The summed E-state index contributed by atoms with van der Waals surface area (Å²) >= 11 is 1.64. The molecule has 3 rings (SSSR count). The number of fused-ring (bicyclic) bond motifs is 1. The maximum atomic E-state index is 12.0. The Kier molecular flexibility index (Phi) is 3.58. The molecule has 19 heavy (non-hydrogen) atoms. The molecule has 1 amide bonds. The van der Waals surface area contributed by atoms with Crippen LogP contribution < -0.4 is 11.1 Å². The van der Waals surface area contributed by atoms with E-state index >= 15 is 0 Å². The Bertz CT molecular complexity index is 530. The summed E-state index contributed by atoms with van der Waals surface area (Å²) in [4.78, 5) is 13.2. The van der Waals surface area contributed by atoms with Gasteiger partial charge in [-0.25, -0.2) is 0 Å². The number of amides is 1. The van der Waals surface area contributed by atoms with Gasteiger partial charge in [-0.3, -0.25) is 4.79 Å². The van der Waals surface area contributed by atoms with E-state index in [9.17, 15) is 4.79 Å². The van der Waals surface area contributed by atoms with Crippen LogP contribution >= 0.6 is 11.3 Å². The van der Waals surface area contributed by atoms with Gasteiger partial charge >= 0.3 is 0 Å². The third-order valence-electron chi connectivity index (χ3n) is 4.13. The number of nitrogens with one attached hydrogen (secondary N) is 1. The molecule has 2 aliphatic carbocycles. The van der Waals surface area contributed by atoms with Crippen molar-refractivity contribution >= 4 is 17.2 Å². The molecule has 2 atom stereocenters. The van der Waals surface area contributed by atoms with E-state index in [-0.39, 0.29) is 5.91 Å². The average molecular weight is 274 g/mol. The Balaban J connectivity index is 1.49. The van der Waals surface area contributed by atoms with Gasteiger partial charge in [0.25, 0.3) is 0 Å². The van der Waals surface area contributed by atoms with Crippen molar-refractivity contribution in [1.29, 1.82) is 0 Å². The van der Waals surface area contributed by atoms with Gasteiger partial charge in [0, 0.05) is 21.7 Å². The monoisotopic (exact) mass is 274 g/mol. The van der Waals surface area contributed by atoms with E-state index < -0.39 is 0 Å². The van der Waals surface area contributed by atoms with Gasteiger partial charge < -0.3 is 11.1 Å². The van der Waals surface area contributed by atoms with Crippen molar-refractivity contribution in [3.63, 3.8) is 0 Å². The van der Waals surface area contributed by atoms with Crippen molar-refractivity contribution in [3.8, 4) is 11.8 Å². The Labute approximate surface area is 117 Å². The van der Waals surface area contributed by atoms with Crippen LogP contribution in [0.5, 0.6) is 0 Å². The van der Waals surface area contributed by atoms with Crippen molar-refractivity contribution in [1.82, 2.24) is 5.32 Å². The van der Waals surface area contributed by atoms with Crippen molar-refractivity contribution in [2.45, 2.75) is 25.8 Å². The molecule has 4 heteroatoms. The minimum atomic E-state index is 0.248. The summed E-state index contributed by atoms with van der Waals surface area (Å²) in [6.45, 7) is 1.01. The lowest BCUT2D eigenvalue weighted by atomic mass is 10.1. The summed E-state index contributed by atoms with van der Waals surface area (Å²) in [5.41, 5.74) is 6.33. The van der Waals surface area contributed by atoms with Crippen LogP contribution in [0.15, 0.2) is 11.4 Å². The Morgan fingerprint density at radius 2 is 2.26 bits per heavy atom. The quantitative estimate of drug-likeness (QED) is 0.825. The highest BCUT2D eigenvalue weighted by atomic mass is 32.1. The molecule has 100 valence electrons. The molecule has 0 radical (unpaired) electrons. The van der Waals surface area contributed by atoms with Crippen LogP contribution in [0.2, 0.25) is 0 Å². The highest BCUT2D eigenvalue weighted by Gasteiger charge is 2.56. The molecule has 0 bridgehead atoms. The summed E-state index contributed by atoms with van der Waals surface area (Å²) in [6.07, 6.45) is 3.81. The Hall–Kier alpha value is -1.31. The first-order valence-corrected chi connectivity index (χ1v) is 7.71. The fraction of sp³-hybridized carbons (Fsp3) is 0.533. The second kappa shape index (κ2) is 5.36. The van der Waals surface area contributed by atoms with Gasteiger partial charge in [-0.05, 0) is 30.7 Å². The molecule has 3 nitrogen and oxygen atoms in total. The van der Waals surface area contributed by atoms with E-state index in [0.717, 1.165) is 10.4 Å². The maximum Gasteiger partial charge on any atom is 0.223 e. The lowest BCUT2D eigenvalue weighted by Gasteiger charge is -2.04. The number of hydrogen-bond acceptors (Lipinski definition) is 3. The SMILES string of the molecule is NCC#Cc1csc(CNC(=O)C2C3CCCC32)c1. The van der Waals surface area contributed by atoms with Gasteiger partial charge in [0.05, 0.1) is 13.1 Å². The maximum absolute atomic E-state index is 12.0. The summed E-state index contributed by atoms with van der Waals surface area (Å²) in [7, 11) is 0. The fourth-order valence-corrected chi connectivity index (χ4v) is 3.95. The number of carbonyl (C=O) groups excluding carboxylic acids is 1. The van der Waals surface area contributed by atoms with Crippen LogP contribution in [0.25, 0.3) is 0 Å². The van der Waals surface area contributed by atoms with Gasteiger partial charge in [-0.2, -0.15) is 0 Å². The topological polar surface area (TPSA) is 55.1 Å². The largest absolute Gasteiger partial charge is 0.351 e. The first-order valence-electron chi connectivity index (χ1n) is 6.83. The van der Waals surface area contributed by atoms with Crippen molar-refractivity contribution in [2.75, 3.05) is 6.54 Å². The minimum Gasteiger partial charge on any atom is -0.351 e. The predicted molar refractivity (Wildman–Crippen MR) is 76.4 cm³/mol. The number of rotatable bonds is 3. The molecule has 2 unspecified atom stereocenters. The lowest BCUT2D eigenvalue weighted by molar-refractivity contribution is -0.123. The van der Waals surface area contributed by atoms with Crippen LogP contribution in [-0.4, -0.2) is 12.5 Å². The molecule has 0 aromatic carbocycles. The van der Waals surface area contributed by atoms with Crippen molar-refractivity contribution in [3.05, 3.63) is 21.9 Å². The average Bonchev–Trinajstić information content (AvgIpc) is 2.83. The van der Waals surface area contributed by atoms with Gasteiger partial charge in [-0.15, -0.1) is 11.3 Å². The second-order valence-corrected chi connectivity index (χ2v) is 6.31. The van der Waals surface area contributed by atoms with Gasteiger partial charge in [0.15, 0.2) is 0 Å². The smallest absolute Gasteiger partial charge is 0.223 e. The van der Waals surface area contributed by atoms with Gasteiger partial charge in [0.2, 0.25) is 5.91 Å². The molecule has 1 aromatic heterocycles. The molecule has 0 saturated heterocycles. The summed E-state index contributed by atoms with van der Waals surface area (Å²) in [6, 6.07) is 2.03. The summed E-state index contributed by atoms with van der Waals surface area (Å²) in [5, 5.41) is 5.07. The van der Waals surface area contributed by atoms with E-state index in [1.54, 1.807) is 11.3 Å². The predicted octanol–water partition coefficient (Wildman–Crippen LogP) is 1.72. The zero-order valence-corrected chi connectivity index (χ0v) is 11.6. The number of nitrogens with two attached hydrogens (primary N) is 1. The number of hydrogen-bond donors (Lipinski definition) is 2. The highest BCUT2D eigenvalue weighted by Crippen LogP contribution is 2.57. The Morgan fingerprint density at radius 1 is 1.47 bits per heavy atom. The van der Waals surface area contributed by atoms with E-state index in [4.69, 9.17) is 5.73 Å². The third kappa shape index (κ3) is 2.68. The fourth-order valence-electron chi connectivity index (χ4n) is 3.19. The van der Waals surface area contributed by atoms with E-state index in [1.807, 2.05) is 11.4 Å². The van der Waals surface area contributed by atoms with Crippen LogP contribution in [0.4, 0.5) is 0 Å². The molecular formula is C15H18N2OS. The summed E-state index contributed by atoms with van der Waals surface area (Å²) < 4.78 is 0. The zero-order valence-electron chi connectivity index (χ0n) is 10.8. The van der Waals surface area contributed by atoms with E-state index in [2.05, 4.69) is 17.2 Å². The normalized spacial score (nSPS) is 27.3. The van der Waals surface area contributed by atoms with Crippen LogP contribution in [0.1, 0.15) is 29.7 Å². The van der Waals surface area contributed by atoms with E-state index in [1.165, 1.54) is 19.3 Å². The van der Waals surface area contributed by atoms with Gasteiger partial charge in [-0.1, -0.05) is 18.3 Å². The second-order valence-electron chi connectivity index (χ2n) is 5.31. The molecule has 2 saturated carbocycles. The number of carbonyl (C=O) groups is 1. The first-order chi connectivity index (χ1) is 9.29. The van der Waals surface area contributed by atoms with Gasteiger partial charge in [0.1, 0.15) is 0 Å². The van der Waals surface area contributed by atoms with Crippen LogP contribution in [-0.2, 0) is 11.3 Å². The molecule has 2 aliphatic rings. The molecule has 0 aliphatic heterocycles. The summed E-state index contributed by atoms with van der Waals surface area (Å²) in [5.74, 6) is 7.77. The lowest BCUT2D eigenvalue weighted by Crippen LogP contribution is -2.25. The zero-order chi connectivity index (χ0) is 13.2. The van der Waals surface area contributed by atoms with Crippen LogP contribution in [0.3, 0.4) is 0 Å². The minimum absolute atomic E-state index is 0.248. The first kappa shape index (κ1) is 12.7.